The Kier molecular flexibility index (Phi) is 4.92. The van der Waals surface area contributed by atoms with Crippen molar-refractivity contribution in [3.8, 4) is 0 Å². The van der Waals surface area contributed by atoms with E-state index in [4.69, 9.17) is 0 Å². The largest absolute Gasteiger partial charge is 0.392 e. The van der Waals surface area contributed by atoms with Crippen LogP contribution < -0.4 is 0 Å². The number of hydrogen-bond donors (Lipinski definition) is 1. The number of ketones is 2. The maximum atomic E-state index is 11.3. The normalized spacial score (nSPS) is 15.3. The summed E-state index contributed by atoms with van der Waals surface area (Å²) in [5.74, 6) is -1.84. The number of aliphatic hydroxyl groups excluding tert-OH is 1. The zero-order chi connectivity index (χ0) is 10.4. The van der Waals surface area contributed by atoms with Gasteiger partial charge in [-0.2, -0.15) is 0 Å². The van der Waals surface area contributed by atoms with E-state index in [1.165, 1.54) is 19.1 Å². The van der Waals surface area contributed by atoms with Crippen LogP contribution in [0.15, 0.2) is 24.8 Å². The Balaban J connectivity index is 4.70. The number of hydrogen-bond acceptors (Lipinski definition) is 3. The van der Waals surface area contributed by atoms with Gasteiger partial charge in [-0.1, -0.05) is 12.7 Å². The average molecular weight is 182 g/mol. The summed E-state index contributed by atoms with van der Waals surface area (Å²) in [5, 5.41) is 9.19. The Morgan fingerprint density at radius 1 is 1.38 bits per heavy atom. The lowest BCUT2D eigenvalue weighted by molar-refractivity contribution is -0.131. The van der Waals surface area contributed by atoms with Gasteiger partial charge in [0.05, 0.1) is 6.10 Å². The van der Waals surface area contributed by atoms with E-state index in [-0.39, 0.29) is 5.78 Å². The van der Waals surface area contributed by atoms with E-state index < -0.39 is 17.8 Å². The van der Waals surface area contributed by atoms with Gasteiger partial charge in [-0.05, 0) is 26.0 Å². The highest BCUT2D eigenvalue weighted by atomic mass is 16.3. The molecule has 1 N–H and O–H groups in total. The molecular formula is C10H14O3. The van der Waals surface area contributed by atoms with Gasteiger partial charge in [0.25, 0.3) is 0 Å². The first-order valence-corrected chi connectivity index (χ1v) is 4.05. The Hall–Kier alpha value is -1.22. The minimum absolute atomic E-state index is 0.387. The van der Waals surface area contributed by atoms with Crippen LogP contribution in [0.5, 0.6) is 0 Å². The summed E-state index contributed by atoms with van der Waals surface area (Å²) in [6, 6.07) is 0. The maximum Gasteiger partial charge on any atom is 0.168 e. The van der Waals surface area contributed by atoms with Crippen LogP contribution >= 0.6 is 0 Å². The molecular weight excluding hydrogens is 168 g/mol. The van der Waals surface area contributed by atoms with Crippen LogP contribution in [0.4, 0.5) is 0 Å². The molecule has 0 saturated carbocycles. The van der Waals surface area contributed by atoms with E-state index in [0.717, 1.165) is 6.08 Å². The standard InChI is InChI=1S/C10H14O3/c1-4-6-9(13)10(7(3)11)8(12)5-2/h4-7,10-11H,2H2,1,3H3. The molecule has 2 atom stereocenters. The van der Waals surface area contributed by atoms with Gasteiger partial charge < -0.3 is 5.11 Å². The van der Waals surface area contributed by atoms with Crippen molar-refractivity contribution in [2.24, 2.45) is 5.92 Å². The van der Waals surface area contributed by atoms with E-state index in [1.807, 2.05) is 0 Å². The second-order valence-corrected chi connectivity index (χ2v) is 2.73. The first-order chi connectivity index (χ1) is 6.04. The highest BCUT2D eigenvalue weighted by Crippen LogP contribution is 2.08. The lowest BCUT2D eigenvalue weighted by atomic mass is 9.93. The molecule has 0 amide bonds. The summed E-state index contributed by atoms with van der Waals surface area (Å²) in [7, 11) is 0. The molecule has 0 aliphatic carbocycles. The van der Waals surface area contributed by atoms with Gasteiger partial charge in [0.15, 0.2) is 11.6 Å². The Morgan fingerprint density at radius 2 is 1.92 bits per heavy atom. The summed E-state index contributed by atoms with van der Waals surface area (Å²) in [6.07, 6.45) is 2.89. The van der Waals surface area contributed by atoms with Gasteiger partial charge in [0, 0.05) is 0 Å². The summed E-state index contributed by atoms with van der Waals surface area (Å²) in [6.45, 7) is 6.36. The van der Waals surface area contributed by atoms with Gasteiger partial charge >= 0.3 is 0 Å². The Labute approximate surface area is 77.8 Å². The highest BCUT2D eigenvalue weighted by Gasteiger charge is 2.26. The van der Waals surface area contributed by atoms with E-state index in [1.54, 1.807) is 6.92 Å². The highest BCUT2D eigenvalue weighted by molar-refractivity contribution is 6.11. The lowest BCUT2D eigenvalue weighted by Crippen LogP contribution is -2.31. The van der Waals surface area contributed by atoms with Crippen LogP contribution in [-0.2, 0) is 9.59 Å². The molecule has 3 heteroatoms. The molecule has 0 saturated heterocycles. The summed E-state index contributed by atoms with van der Waals surface area (Å²) in [5.41, 5.74) is 0. The topological polar surface area (TPSA) is 54.4 Å². The first kappa shape index (κ1) is 11.8. The molecule has 0 aliphatic rings. The Morgan fingerprint density at radius 3 is 2.23 bits per heavy atom. The first-order valence-electron chi connectivity index (χ1n) is 4.05. The molecule has 0 aliphatic heterocycles. The molecule has 72 valence electrons. The monoisotopic (exact) mass is 182 g/mol. The zero-order valence-corrected chi connectivity index (χ0v) is 7.86. The van der Waals surface area contributed by atoms with Crippen molar-refractivity contribution >= 4 is 11.6 Å². The summed E-state index contributed by atoms with van der Waals surface area (Å²) >= 11 is 0. The molecule has 2 unspecified atom stereocenters. The van der Waals surface area contributed by atoms with Crippen molar-refractivity contribution in [1.82, 2.24) is 0 Å². The van der Waals surface area contributed by atoms with Gasteiger partial charge in [0.1, 0.15) is 5.92 Å². The summed E-state index contributed by atoms with van der Waals surface area (Å²) < 4.78 is 0. The minimum atomic E-state index is -1.01. The smallest absolute Gasteiger partial charge is 0.168 e. The molecule has 0 heterocycles. The number of carbonyl (C=O) groups excluding carboxylic acids is 2. The molecule has 0 bridgehead atoms. The molecule has 3 nitrogen and oxygen atoms in total. The summed E-state index contributed by atoms with van der Waals surface area (Å²) in [4.78, 5) is 22.4. The number of allylic oxidation sites excluding steroid dienone is 3. The maximum absolute atomic E-state index is 11.3. The van der Waals surface area contributed by atoms with Crippen LogP contribution in [0.2, 0.25) is 0 Å². The predicted molar refractivity (Wildman–Crippen MR) is 50.2 cm³/mol. The third-order valence-electron chi connectivity index (χ3n) is 1.63. The average Bonchev–Trinajstić information content (AvgIpc) is 2.04. The second kappa shape index (κ2) is 5.43. The van der Waals surface area contributed by atoms with Gasteiger partial charge in [0.2, 0.25) is 0 Å². The molecule has 0 aromatic heterocycles. The van der Waals surface area contributed by atoms with Gasteiger partial charge in [-0.15, -0.1) is 0 Å². The Bertz CT molecular complexity index is 239. The second-order valence-electron chi connectivity index (χ2n) is 2.73. The molecule has 0 rings (SSSR count). The van der Waals surface area contributed by atoms with Crippen molar-refractivity contribution in [1.29, 1.82) is 0 Å². The van der Waals surface area contributed by atoms with Crippen LogP contribution in [0.25, 0.3) is 0 Å². The molecule has 0 aromatic carbocycles. The van der Waals surface area contributed by atoms with Crippen LogP contribution in [-0.4, -0.2) is 22.8 Å². The molecule has 0 radical (unpaired) electrons. The minimum Gasteiger partial charge on any atom is -0.392 e. The van der Waals surface area contributed by atoms with Crippen LogP contribution in [0.3, 0.4) is 0 Å². The molecule has 0 aromatic rings. The van der Waals surface area contributed by atoms with Crippen molar-refractivity contribution in [3.63, 3.8) is 0 Å². The van der Waals surface area contributed by atoms with Gasteiger partial charge in [-0.3, -0.25) is 9.59 Å². The SMILES string of the molecule is C=CC(=O)C(C(=O)C=CC)C(C)O. The fourth-order valence-corrected chi connectivity index (χ4v) is 1.01. The van der Waals surface area contributed by atoms with E-state index in [2.05, 4.69) is 6.58 Å². The molecule has 0 spiro atoms. The number of rotatable bonds is 5. The van der Waals surface area contributed by atoms with Crippen molar-refractivity contribution < 1.29 is 14.7 Å². The molecule has 0 fully saturated rings. The van der Waals surface area contributed by atoms with Crippen LogP contribution in [0, 0.1) is 5.92 Å². The van der Waals surface area contributed by atoms with Crippen molar-refractivity contribution in [2.75, 3.05) is 0 Å². The van der Waals surface area contributed by atoms with E-state index in [9.17, 15) is 14.7 Å². The van der Waals surface area contributed by atoms with Crippen LogP contribution in [0.1, 0.15) is 13.8 Å². The van der Waals surface area contributed by atoms with Crippen molar-refractivity contribution in [2.45, 2.75) is 20.0 Å². The number of carbonyl (C=O) groups is 2. The van der Waals surface area contributed by atoms with E-state index >= 15 is 0 Å². The molecule has 13 heavy (non-hydrogen) atoms. The van der Waals surface area contributed by atoms with E-state index in [0.29, 0.717) is 0 Å². The fourth-order valence-electron chi connectivity index (χ4n) is 1.01. The third-order valence-corrected chi connectivity index (χ3v) is 1.63. The van der Waals surface area contributed by atoms with Crippen molar-refractivity contribution in [3.05, 3.63) is 24.8 Å². The fraction of sp³-hybridized carbons (Fsp3) is 0.400. The predicted octanol–water partition coefficient (Wildman–Crippen LogP) is 0.884. The zero-order valence-electron chi connectivity index (χ0n) is 7.86. The lowest BCUT2D eigenvalue weighted by Gasteiger charge is -2.13. The third kappa shape index (κ3) is 3.34. The number of aliphatic hydroxyl groups is 1. The van der Waals surface area contributed by atoms with Gasteiger partial charge in [-0.25, -0.2) is 0 Å². The quantitative estimate of drug-likeness (QED) is 0.507.